The van der Waals surface area contributed by atoms with Crippen LogP contribution in [0.25, 0.3) is 0 Å². The van der Waals surface area contributed by atoms with Crippen LogP contribution in [-0.4, -0.2) is 36.8 Å². The lowest BCUT2D eigenvalue weighted by molar-refractivity contribution is -0.121. The standard InChI is InChI=1S/C13H28N2O2/c1-5-11(3)15-12(17)7-8-14-9-13(4,6-2)10-16/h11,14,16H,5-10H2,1-4H3,(H,15,17). The summed E-state index contributed by atoms with van der Waals surface area (Å²) in [5.74, 6) is 0.0917. The second-order valence-corrected chi connectivity index (χ2v) is 5.13. The van der Waals surface area contributed by atoms with Gasteiger partial charge < -0.3 is 15.7 Å². The van der Waals surface area contributed by atoms with Crippen molar-refractivity contribution in [2.75, 3.05) is 19.7 Å². The van der Waals surface area contributed by atoms with Crippen LogP contribution < -0.4 is 10.6 Å². The maximum Gasteiger partial charge on any atom is 0.221 e. The van der Waals surface area contributed by atoms with Gasteiger partial charge in [0.2, 0.25) is 5.91 Å². The molecule has 0 bridgehead atoms. The van der Waals surface area contributed by atoms with Gasteiger partial charge in [0.1, 0.15) is 0 Å². The molecule has 2 atom stereocenters. The minimum Gasteiger partial charge on any atom is -0.396 e. The monoisotopic (exact) mass is 244 g/mol. The van der Waals surface area contributed by atoms with E-state index >= 15 is 0 Å². The Bertz CT molecular complexity index is 215. The molecule has 0 aromatic rings. The summed E-state index contributed by atoms with van der Waals surface area (Å²) in [6.07, 6.45) is 2.38. The summed E-state index contributed by atoms with van der Waals surface area (Å²) in [7, 11) is 0. The Labute approximate surface area is 105 Å². The van der Waals surface area contributed by atoms with Crippen LogP contribution in [0.1, 0.15) is 47.0 Å². The Morgan fingerprint density at radius 2 is 2.06 bits per heavy atom. The first-order valence-electron chi connectivity index (χ1n) is 6.58. The molecule has 0 fully saturated rings. The molecule has 17 heavy (non-hydrogen) atoms. The average Bonchev–Trinajstić information content (AvgIpc) is 2.34. The van der Waals surface area contributed by atoms with E-state index in [9.17, 15) is 9.90 Å². The Hall–Kier alpha value is -0.610. The number of hydrogen-bond acceptors (Lipinski definition) is 3. The zero-order valence-corrected chi connectivity index (χ0v) is 11.7. The van der Waals surface area contributed by atoms with Crippen LogP contribution in [0.3, 0.4) is 0 Å². The van der Waals surface area contributed by atoms with E-state index in [1.165, 1.54) is 0 Å². The molecular formula is C13H28N2O2. The first-order chi connectivity index (χ1) is 7.97. The van der Waals surface area contributed by atoms with Gasteiger partial charge in [-0.15, -0.1) is 0 Å². The van der Waals surface area contributed by atoms with Gasteiger partial charge in [-0.05, 0) is 19.8 Å². The predicted molar refractivity (Wildman–Crippen MR) is 70.9 cm³/mol. The van der Waals surface area contributed by atoms with E-state index in [-0.39, 0.29) is 24.0 Å². The third kappa shape index (κ3) is 7.34. The predicted octanol–water partition coefficient (Wildman–Crippen LogP) is 1.29. The van der Waals surface area contributed by atoms with Crippen LogP contribution in [0.4, 0.5) is 0 Å². The second-order valence-electron chi connectivity index (χ2n) is 5.13. The first-order valence-corrected chi connectivity index (χ1v) is 6.58. The van der Waals surface area contributed by atoms with E-state index in [4.69, 9.17) is 0 Å². The molecule has 1 amide bonds. The molecule has 0 aliphatic carbocycles. The molecule has 0 spiro atoms. The molecule has 4 nitrogen and oxygen atoms in total. The fourth-order valence-electron chi connectivity index (χ4n) is 1.33. The molecule has 0 aliphatic rings. The summed E-state index contributed by atoms with van der Waals surface area (Å²) in [6.45, 7) is 9.75. The lowest BCUT2D eigenvalue weighted by Crippen LogP contribution is -2.38. The van der Waals surface area contributed by atoms with Crippen molar-refractivity contribution < 1.29 is 9.90 Å². The zero-order chi connectivity index (χ0) is 13.3. The van der Waals surface area contributed by atoms with Gasteiger partial charge in [-0.2, -0.15) is 0 Å². The molecular weight excluding hydrogens is 216 g/mol. The van der Waals surface area contributed by atoms with Crippen LogP contribution in [0.5, 0.6) is 0 Å². The van der Waals surface area contributed by atoms with Gasteiger partial charge in [-0.3, -0.25) is 4.79 Å². The van der Waals surface area contributed by atoms with E-state index in [1.807, 2.05) is 13.8 Å². The van der Waals surface area contributed by atoms with Gasteiger partial charge in [0, 0.05) is 37.6 Å². The van der Waals surface area contributed by atoms with E-state index in [0.29, 0.717) is 13.0 Å². The van der Waals surface area contributed by atoms with Crippen molar-refractivity contribution in [2.24, 2.45) is 5.41 Å². The van der Waals surface area contributed by atoms with Crippen molar-refractivity contribution in [1.82, 2.24) is 10.6 Å². The summed E-state index contributed by atoms with van der Waals surface area (Å²) < 4.78 is 0. The summed E-state index contributed by atoms with van der Waals surface area (Å²) in [4.78, 5) is 11.5. The fourth-order valence-corrected chi connectivity index (χ4v) is 1.33. The largest absolute Gasteiger partial charge is 0.396 e. The van der Waals surface area contributed by atoms with E-state index < -0.39 is 0 Å². The Morgan fingerprint density at radius 1 is 1.41 bits per heavy atom. The molecule has 0 aliphatic heterocycles. The number of amides is 1. The number of nitrogens with one attached hydrogen (secondary N) is 2. The second kappa shape index (κ2) is 8.48. The molecule has 4 heteroatoms. The molecule has 0 heterocycles. The van der Waals surface area contributed by atoms with Crippen LogP contribution in [0.15, 0.2) is 0 Å². The minimum atomic E-state index is -0.0762. The van der Waals surface area contributed by atoms with Crippen LogP contribution >= 0.6 is 0 Å². The van der Waals surface area contributed by atoms with Gasteiger partial charge in [0.15, 0.2) is 0 Å². The van der Waals surface area contributed by atoms with E-state index in [0.717, 1.165) is 19.4 Å². The Balaban J connectivity index is 3.67. The molecule has 0 rings (SSSR count). The quantitative estimate of drug-likeness (QED) is 0.536. The first kappa shape index (κ1) is 16.4. The van der Waals surface area contributed by atoms with Crippen molar-refractivity contribution in [2.45, 2.75) is 53.0 Å². The highest BCUT2D eigenvalue weighted by Crippen LogP contribution is 2.18. The lowest BCUT2D eigenvalue weighted by Gasteiger charge is -2.25. The summed E-state index contributed by atoms with van der Waals surface area (Å²) in [6, 6.07) is 0.251. The van der Waals surface area contributed by atoms with Crippen molar-refractivity contribution in [3.63, 3.8) is 0 Å². The van der Waals surface area contributed by atoms with Gasteiger partial charge in [0.25, 0.3) is 0 Å². The summed E-state index contributed by atoms with van der Waals surface area (Å²) in [5, 5.41) is 15.4. The molecule has 0 saturated heterocycles. The molecule has 0 radical (unpaired) electrons. The van der Waals surface area contributed by atoms with Crippen molar-refractivity contribution in [3.8, 4) is 0 Å². The molecule has 0 aromatic heterocycles. The van der Waals surface area contributed by atoms with Crippen LogP contribution in [0.2, 0.25) is 0 Å². The molecule has 0 aromatic carbocycles. The fraction of sp³-hybridized carbons (Fsp3) is 0.923. The summed E-state index contributed by atoms with van der Waals surface area (Å²) >= 11 is 0. The zero-order valence-electron chi connectivity index (χ0n) is 11.7. The van der Waals surface area contributed by atoms with Gasteiger partial charge in [-0.1, -0.05) is 20.8 Å². The van der Waals surface area contributed by atoms with E-state index in [1.54, 1.807) is 0 Å². The summed E-state index contributed by atoms with van der Waals surface area (Å²) in [5.41, 5.74) is -0.0762. The lowest BCUT2D eigenvalue weighted by atomic mass is 9.89. The third-order valence-corrected chi connectivity index (χ3v) is 3.34. The van der Waals surface area contributed by atoms with Crippen molar-refractivity contribution in [1.29, 1.82) is 0 Å². The smallest absolute Gasteiger partial charge is 0.221 e. The average molecular weight is 244 g/mol. The number of rotatable bonds is 9. The molecule has 102 valence electrons. The topological polar surface area (TPSA) is 61.4 Å². The number of aliphatic hydroxyl groups excluding tert-OH is 1. The van der Waals surface area contributed by atoms with Crippen molar-refractivity contribution in [3.05, 3.63) is 0 Å². The highest BCUT2D eigenvalue weighted by atomic mass is 16.3. The molecule has 2 unspecified atom stereocenters. The van der Waals surface area contributed by atoms with Gasteiger partial charge >= 0.3 is 0 Å². The van der Waals surface area contributed by atoms with E-state index in [2.05, 4.69) is 24.5 Å². The number of aliphatic hydroxyl groups is 1. The maximum atomic E-state index is 11.5. The highest BCUT2D eigenvalue weighted by Gasteiger charge is 2.20. The van der Waals surface area contributed by atoms with Gasteiger partial charge in [-0.25, -0.2) is 0 Å². The van der Waals surface area contributed by atoms with Crippen LogP contribution in [0, 0.1) is 5.41 Å². The van der Waals surface area contributed by atoms with Crippen LogP contribution in [-0.2, 0) is 4.79 Å². The number of hydrogen-bond donors (Lipinski definition) is 3. The maximum absolute atomic E-state index is 11.5. The minimum absolute atomic E-state index is 0.0762. The highest BCUT2D eigenvalue weighted by molar-refractivity contribution is 5.76. The van der Waals surface area contributed by atoms with Gasteiger partial charge in [0.05, 0.1) is 0 Å². The number of carbonyl (C=O) groups is 1. The normalized spacial score (nSPS) is 16.3. The number of carbonyl (C=O) groups excluding carboxylic acids is 1. The third-order valence-electron chi connectivity index (χ3n) is 3.34. The SMILES string of the molecule is CCC(C)NC(=O)CCNCC(C)(CC)CO. The Morgan fingerprint density at radius 3 is 2.53 bits per heavy atom. The molecule has 0 saturated carbocycles. The van der Waals surface area contributed by atoms with Crippen molar-refractivity contribution >= 4 is 5.91 Å². The Kier molecular flexibility index (Phi) is 8.17. The molecule has 3 N–H and O–H groups in total.